The van der Waals surface area contributed by atoms with E-state index in [9.17, 15) is 0 Å². The normalized spacial score (nSPS) is 11.6. The molecule has 3 heteroatoms. The number of rotatable bonds is 12. The average molecular weight is 243 g/mol. The van der Waals surface area contributed by atoms with Gasteiger partial charge in [-0.2, -0.15) is 0 Å². The van der Waals surface area contributed by atoms with Crippen molar-refractivity contribution in [3.8, 4) is 0 Å². The van der Waals surface area contributed by atoms with Crippen LogP contribution in [0.5, 0.6) is 0 Å². The van der Waals surface area contributed by atoms with Crippen LogP contribution in [-0.4, -0.2) is 38.8 Å². The van der Waals surface area contributed by atoms with Crippen molar-refractivity contribution < 1.29 is 0 Å². The fraction of sp³-hybridized carbons (Fsp3) is 1.00. The molecule has 0 aromatic carbocycles. The molecule has 0 amide bonds. The molecule has 3 nitrogen and oxygen atoms in total. The highest BCUT2D eigenvalue weighted by atomic mass is 14.9. The Hall–Kier alpha value is -0.120. The fourth-order valence-corrected chi connectivity index (χ4v) is 1.64. The average Bonchev–Trinajstić information content (AvgIpc) is 2.25. The van der Waals surface area contributed by atoms with Crippen LogP contribution in [0.25, 0.3) is 0 Å². The predicted octanol–water partition coefficient (Wildman–Crippen LogP) is 1.99. The van der Waals surface area contributed by atoms with Gasteiger partial charge in [-0.15, -0.1) is 0 Å². The topological polar surface area (TPSA) is 36.1 Å². The van der Waals surface area contributed by atoms with Crippen LogP contribution in [0, 0.1) is 5.92 Å². The molecule has 0 radical (unpaired) electrons. The molecule has 0 fully saturated rings. The molecule has 17 heavy (non-hydrogen) atoms. The third kappa shape index (κ3) is 15.9. The molecule has 0 unspecified atom stereocenters. The summed E-state index contributed by atoms with van der Waals surface area (Å²) in [5.41, 5.74) is 0. The van der Waals surface area contributed by atoms with E-state index in [1.807, 2.05) is 0 Å². The Bertz CT molecular complexity index is 130. The summed E-state index contributed by atoms with van der Waals surface area (Å²) in [5.74, 6) is 0.753. The molecule has 0 saturated heterocycles. The van der Waals surface area contributed by atoms with Gasteiger partial charge in [-0.3, -0.25) is 0 Å². The van der Waals surface area contributed by atoms with Gasteiger partial charge in [0.1, 0.15) is 0 Å². The minimum atomic E-state index is 0.625. The zero-order chi connectivity index (χ0) is 12.9. The third-order valence-corrected chi connectivity index (χ3v) is 2.61. The monoisotopic (exact) mass is 243 g/mol. The molecule has 104 valence electrons. The Labute approximate surface area is 108 Å². The Morgan fingerprint density at radius 2 is 1.35 bits per heavy atom. The Balaban J connectivity index is 2.94. The van der Waals surface area contributed by atoms with Crippen LogP contribution >= 0.6 is 0 Å². The second-order valence-corrected chi connectivity index (χ2v) is 5.52. The summed E-state index contributed by atoms with van der Waals surface area (Å²) in [7, 11) is 0. The Morgan fingerprint density at radius 1 is 0.706 bits per heavy atom. The summed E-state index contributed by atoms with van der Waals surface area (Å²) in [5, 5.41) is 10.4. The third-order valence-electron chi connectivity index (χ3n) is 2.61. The lowest BCUT2D eigenvalue weighted by Crippen LogP contribution is -2.30. The maximum atomic E-state index is 3.48. The summed E-state index contributed by atoms with van der Waals surface area (Å²) in [6.07, 6.45) is 3.92. The van der Waals surface area contributed by atoms with Crippen LogP contribution in [0.3, 0.4) is 0 Å². The van der Waals surface area contributed by atoms with Crippen LogP contribution in [-0.2, 0) is 0 Å². The van der Waals surface area contributed by atoms with E-state index in [-0.39, 0.29) is 0 Å². The SMILES string of the molecule is CC(C)CNCCNCCCCCNC(C)C. The summed E-state index contributed by atoms with van der Waals surface area (Å²) in [6, 6.07) is 0.625. The zero-order valence-corrected chi connectivity index (χ0v) is 12.3. The number of hydrogen-bond acceptors (Lipinski definition) is 3. The second kappa shape index (κ2) is 12.3. The van der Waals surface area contributed by atoms with E-state index in [4.69, 9.17) is 0 Å². The highest BCUT2D eigenvalue weighted by Crippen LogP contribution is 1.93. The number of hydrogen-bond donors (Lipinski definition) is 3. The van der Waals surface area contributed by atoms with Gasteiger partial charge >= 0.3 is 0 Å². The lowest BCUT2D eigenvalue weighted by Gasteiger charge is -2.09. The van der Waals surface area contributed by atoms with Crippen molar-refractivity contribution in [2.75, 3.05) is 32.7 Å². The molecule has 0 saturated carbocycles. The summed E-state index contributed by atoms with van der Waals surface area (Å²) in [6.45, 7) is 14.5. The molecule has 0 aromatic rings. The van der Waals surface area contributed by atoms with Crippen molar-refractivity contribution in [3.05, 3.63) is 0 Å². The van der Waals surface area contributed by atoms with E-state index in [2.05, 4.69) is 43.6 Å². The highest BCUT2D eigenvalue weighted by Gasteiger charge is 1.94. The van der Waals surface area contributed by atoms with Gasteiger partial charge in [0.2, 0.25) is 0 Å². The van der Waals surface area contributed by atoms with E-state index in [1.54, 1.807) is 0 Å². The summed E-state index contributed by atoms with van der Waals surface area (Å²) >= 11 is 0. The molecule has 0 spiro atoms. The van der Waals surface area contributed by atoms with Crippen LogP contribution < -0.4 is 16.0 Å². The van der Waals surface area contributed by atoms with E-state index < -0.39 is 0 Å². The van der Waals surface area contributed by atoms with E-state index >= 15 is 0 Å². The van der Waals surface area contributed by atoms with Gasteiger partial charge in [0.25, 0.3) is 0 Å². The van der Waals surface area contributed by atoms with Crippen molar-refractivity contribution in [1.29, 1.82) is 0 Å². The van der Waals surface area contributed by atoms with E-state index in [0.29, 0.717) is 6.04 Å². The maximum Gasteiger partial charge on any atom is 0.00768 e. The van der Waals surface area contributed by atoms with Gasteiger partial charge < -0.3 is 16.0 Å². The van der Waals surface area contributed by atoms with Crippen LogP contribution in [0.1, 0.15) is 47.0 Å². The van der Waals surface area contributed by atoms with Crippen molar-refractivity contribution in [3.63, 3.8) is 0 Å². The zero-order valence-electron chi connectivity index (χ0n) is 12.3. The minimum Gasteiger partial charge on any atom is -0.315 e. The molecule has 0 aromatic heterocycles. The smallest absolute Gasteiger partial charge is 0.00768 e. The molecule has 0 heterocycles. The molecule has 0 atom stereocenters. The quantitative estimate of drug-likeness (QED) is 0.459. The van der Waals surface area contributed by atoms with Gasteiger partial charge in [-0.1, -0.05) is 34.1 Å². The molecule has 3 N–H and O–H groups in total. The number of unbranched alkanes of at least 4 members (excludes halogenated alkanes) is 2. The van der Waals surface area contributed by atoms with Crippen molar-refractivity contribution in [2.45, 2.75) is 53.0 Å². The Morgan fingerprint density at radius 3 is 2.00 bits per heavy atom. The predicted molar refractivity (Wildman–Crippen MR) is 77.6 cm³/mol. The highest BCUT2D eigenvalue weighted by molar-refractivity contribution is 4.56. The molecule has 0 bridgehead atoms. The van der Waals surface area contributed by atoms with Gasteiger partial charge in [-0.25, -0.2) is 0 Å². The number of nitrogens with one attached hydrogen (secondary N) is 3. The lowest BCUT2D eigenvalue weighted by molar-refractivity contribution is 0.517. The van der Waals surface area contributed by atoms with Crippen molar-refractivity contribution in [2.24, 2.45) is 5.92 Å². The minimum absolute atomic E-state index is 0.625. The molecular formula is C14H33N3. The van der Waals surface area contributed by atoms with Gasteiger partial charge in [-0.05, 0) is 38.4 Å². The molecular weight excluding hydrogens is 210 g/mol. The molecule has 0 rings (SSSR count). The first-order valence-corrected chi connectivity index (χ1v) is 7.27. The first kappa shape index (κ1) is 16.9. The fourth-order valence-electron chi connectivity index (χ4n) is 1.64. The second-order valence-electron chi connectivity index (χ2n) is 5.52. The van der Waals surface area contributed by atoms with E-state index in [1.165, 1.54) is 19.3 Å². The van der Waals surface area contributed by atoms with Crippen LogP contribution in [0.2, 0.25) is 0 Å². The Kier molecular flexibility index (Phi) is 12.3. The van der Waals surface area contributed by atoms with Crippen LogP contribution in [0.15, 0.2) is 0 Å². The summed E-state index contributed by atoms with van der Waals surface area (Å²) < 4.78 is 0. The van der Waals surface area contributed by atoms with Gasteiger partial charge in [0.05, 0.1) is 0 Å². The standard InChI is InChI=1S/C14H33N3/c1-13(2)12-16-11-10-15-8-6-5-7-9-17-14(3)4/h13-17H,5-12H2,1-4H3. The van der Waals surface area contributed by atoms with Crippen molar-refractivity contribution in [1.82, 2.24) is 16.0 Å². The lowest BCUT2D eigenvalue weighted by atomic mass is 10.2. The first-order chi connectivity index (χ1) is 8.13. The molecule has 0 aliphatic rings. The van der Waals surface area contributed by atoms with E-state index in [0.717, 1.165) is 38.6 Å². The molecule has 0 aliphatic heterocycles. The first-order valence-electron chi connectivity index (χ1n) is 7.27. The molecule has 0 aliphatic carbocycles. The van der Waals surface area contributed by atoms with Gasteiger partial charge in [0.15, 0.2) is 0 Å². The van der Waals surface area contributed by atoms with Gasteiger partial charge in [0, 0.05) is 19.1 Å². The summed E-state index contributed by atoms with van der Waals surface area (Å²) in [4.78, 5) is 0. The largest absolute Gasteiger partial charge is 0.315 e. The van der Waals surface area contributed by atoms with Crippen molar-refractivity contribution >= 4 is 0 Å². The maximum absolute atomic E-state index is 3.48. The van der Waals surface area contributed by atoms with Crippen LogP contribution in [0.4, 0.5) is 0 Å².